The van der Waals surface area contributed by atoms with E-state index in [1.54, 1.807) is 49.6 Å². The van der Waals surface area contributed by atoms with Crippen LogP contribution in [0.25, 0.3) is 0 Å². The molecule has 0 aliphatic carbocycles. The van der Waals surface area contributed by atoms with Gasteiger partial charge in [0.2, 0.25) is 5.95 Å². The molecule has 1 saturated heterocycles. The lowest BCUT2D eigenvalue weighted by atomic mass is 9.83. The zero-order valence-electron chi connectivity index (χ0n) is 17.1. The number of nitrogens with zero attached hydrogens (tertiary/aromatic N) is 4. The average molecular weight is 436 g/mol. The van der Waals surface area contributed by atoms with Crippen molar-refractivity contribution in [1.82, 2.24) is 20.3 Å². The fourth-order valence-corrected chi connectivity index (χ4v) is 4.43. The summed E-state index contributed by atoms with van der Waals surface area (Å²) in [4.78, 5) is 27.7. The zero-order valence-corrected chi connectivity index (χ0v) is 17.9. The molecule has 31 heavy (non-hydrogen) atoms. The first-order valence-electron chi connectivity index (χ1n) is 9.57. The number of benzene rings is 1. The molecule has 1 fully saturated rings. The second kappa shape index (κ2) is 8.62. The maximum absolute atomic E-state index is 12.9. The van der Waals surface area contributed by atoms with Crippen LogP contribution in [0.15, 0.2) is 47.5 Å². The van der Waals surface area contributed by atoms with Gasteiger partial charge in [-0.1, -0.05) is 5.92 Å². The molecule has 1 aliphatic heterocycles. The van der Waals surface area contributed by atoms with E-state index in [4.69, 9.17) is 15.9 Å². The molecule has 1 N–H and O–H groups in total. The van der Waals surface area contributed by atoms with E-state index in [1.807, 2.05) is 17.0 Å². The highest BCUT2D eigenvalue weighted by molar-refractivity contribution is 7.07. The van der Waals surface area contributed by atoms with Crippen molar-refractivity contribution in [2.45, 2.75) is 18.0 Å². The molecular formula is C22H21N5O3S. The Morgan fingerprint density at radius 1 is 1.23 bits per heavy atom. The van der Waals surface area contributed by atoms with E-state index in [0.717, 1.165) is 5.56 Å². The van der Waals surface area contributed by atoms with E-state index in [9.17, 15) is 4.79 Å². The zero-order chi connectivity index (χ0) is 21.8. The van der Waals surface area contributed by atoms with Gasteiger partial charge >= 0.3 is 0 Å². The SMILES string of the molecule is C#C[C@@]1(c2cc(OC)cc(OC)c2)[C@H](NC(=O)c2cscn2)CCN1c1ncccn1. The fraction of sp³-hybridized carbons (Fsp3) is 0.273. The number of hydrogen-bond acceptors (Lipinski definition) is 8. The summed E-state index contributed by atoms with van der Waals surface area (Å²) in [5, 5.41) is 4.78. The van der Waals surface area contributed by atoms with Gasteiger partial charge in [-0.05, 0) is 30.2 Å². The van der Waals surface area contributed by atoms with Crippen LogP contribution in [0.3, 0.4) is 0 Å². The molecule has 2 atom stereocenters. The average Bonchev–Trinajstić information content (AvgIpc) is 3.48. The summed E-state index contributed by atoms with van der Waals surface area (Å²) in [5.41, 5.74) is 1.65. The van der Waals surface area contributed by atoms with Crippen LogP contribution >= 0.6 is 11.3 Å². The summed E-state index contributed by atoms with van der Waals surface area (Å²) < 4.78 is 10.9. The molecule has 0 bridgehead atoms. The maximum Gasteiger partial charge on any atom is 0.271 e. The number of carbonyl (C=O) groups is 1. The van der Waals surface area contributed by atoms with Gasteiger partial charge in [0, 0.05) is 30.4 Å². The fourth-order valence-electron chi connectivity index (χ4n) is 3.90. The van der Waals surface area contributed by atoms with Crippen molar-refractivity contribution in [3.8, 4) is 23.8 Å². The van der Waals surface area contributed by atoms with Crippen LogP contribution in [0.2, 0.25) is 0 Å². The lowest BCUT2D eigenvalue weighted by Crippen LogP contribution is -2.54. The van der Waals surface area contributed by atoms with Crippen molar-refractivity contribution >= 4 is 23.2 Å². The smallest absolute Gasteiger partial charge is 0.271 e. The van der Waals surface area contributed by atoms with Crippen LogP contribution in [-0.4, -0.2) is 47.7 Å². The van der Waals surface area contributed by atoms with E-state index >= 15 is 0 Å². The molecule has 2 aromatic heterocycles. The first-order chi connectivity index (χ1) is 15.1. The topological polar surface area (TPSA) is 89.5 Å². The number of aromatic nitrogens is 3. The normalized spacial score (nSPS) is 20.2. The largest absolute Gasteiger partial charge is 0.497 e. The molecule has 3 heterocycles. The quantitative estimate of drug-likeness (QED) is 0.595. The van der Waals surface area contributed by atoms with Crippen LogP contribution < -0.4 is 19.7 Å². The van der Waals surface area contributed by atoms with Crippen LogP contribution in [0.4, 0.5) is 5.95 Å². The summed E-state index contributed by atoms with van der Waals surface area (Å²) in [6, 6.07) is 6.80. The Bertz CT molecular complexity index is 1080. The number of anilines is 1. The van der Waals surface area contributed by atoms with E-state index in [0.29, 0.717) is 36.1 Å². The number of amides is 1. The Hall–Kier alpha value is -3.64. The second-order valence-corrected chi connectivity index (χ2v) is 7.62. The lowest BCUT2D eigenvalue weighted by Gasteiger charge is -2.39. The van der Waals surface area contributed by atoms with Crippen molar-refractivity contribution in [1.29, 1.82) is 0 Å². The summed E-state index contributed by atoms with van der Waals surface area (Å²) in [5.74, 6) is 4.33. The molecule has 0 unspecified atom stereocenters. The number of hydrogen-bond donors (Lipinski definition) is 1. The molecule has 9 heteroatoms. The third-order valence-corrected chi connectivity index (χ3v) is 5.93. The van der Waals surface area contributed by atoms with Crippen LogP contribution in [0, 0.1) is 12.3 Å². The maximum atomic E-state index is 12.9. The third kappa shape index (κ3) is 3.66. The molecule has 0 radical (unpaired) electrons. The number of rotatable bonds is 6. The van der Waals surface area contributed by atoms with Crippen LogP contribution in [0.1, 0.15) is 22.5 Å². The predicted octanol–water partition coefficient (Wildman–Crippen LogP) is 2.49. The highest BCUT2D eigenvalue weighted by Gasteiger charge is 2.51. The highest BCUT2D eigenvalue weighted by Crippen LogP contribution is 2.43. The van der Waals surface area contributed by atoms with Gasteiger partial charge in [-0.25, -0.2) is 15.0 Å². The van der Waals surface area contributed by atoms with Crippen molar-refractivity contribution in [2.24, 2.45) is 0 Å². The van der Waals surface area contributed by atoms with Crippen molar-refractivity contribution in [2.75, 3.05) is 25.7 Å². The monoisotopic (exact) mass is 435 g/mol. The third-order valence-electron chi connectivity index (χ3n) is 5.35. The lowest BCUT2D eigenvalue weighted by molar-refractivity contribution is 0.0924. The number of nitrogens with one attached hydrogen (secondary N) is 1. The molecule has 0 saturated carbocycles. The standard InChI is InChI=1S/C22H21N5O3S/c1-4-22(15-10-16(29-2)12-17(11-15)30-3)19(26-20(28)18-13-31-14-25-18)6-9-27(22)21-23-7-5-8-24-21/h1,5,7-8,10-14,19H,6,9H2,2-3H3,(H,26,28)/t19-,22-/m1/s1. The Morgan fingerprint density at radius 2 is 1.94 bits per heavy atom. The van der Waals surface area contributed by atoms with E-state index in [1.165, 1.54) is 11.3 Å². The number of thiazole rings is 1. The number of ether oxygens (including phenoxy) is 2. The van der Waals surface area contributed by atoms with Crippen molar-refractivity contribution in [3.05, 3.63) is 58.8 Å². The molecule has 1 aliphatic rings. The van der Waals surface area contributed by atoms with Crippen molar-refractivity contribution in [3.63, 3.8) is 0 Å². The van der Waals surface area contributed by atoms with Gasteiger partial charge in [-0.3, -0.25) is 4.79 Å². The van der Waals surface area contributed by atoms with Gasteiger partial charge in [-0.15, -0.1) is 17.8 Å². The van der Waals surface area contributed by atoms with Crippen LogP contribution in [-0.2, 0) is 5.54 Å². The summed E-state index contributed by atoms with van der Waals surface area (Å²) in [6.45, 7) is 0.551. The molecule has 8 nitrogen and oxygen atoms in total. The molecule has 4 rings (SSSR count). The Morgan fingerprint density at radius 3 is 2.52 bits per heavy atom. The molecule has 3 aromatic rings. The molecule has 1 amide bonds. The number of carbonyl (C=O) groups excluding carboxylic acids is 1. The molecule has 158 valence electrons. The second-order valence-electron chi connectivity index (χ2n) is 6.90. The highest BCUT2D eigenvalue weighted by atomic mass is 32.1. The molecular weight excluding hydrogens is 414 g/mol. The minimum Gasteiger partial charge on any atom is -0.497 e. The minimum atomic E-state index is -1.06. The number of terminal acetylenes is 1. The predicted molar refractivity (Wildman–Crippen MR) is 117 cm³/mol. The summed E-state index contributed by atoms with van der Waals surface area (Å²) in [6.07, 6.45) is 10.1. The van der Waals surface area contributed by atoms with Gasteiger partial charge in [0.1, 0.15) is 22.7 Å². The van der Waals surface area contributed by atoms with Crippen LogP contribution in [0.5, 0.6) is 11.5 Å². The van der Waals surface area contributed by atoms with E-state index in [2.05, 4.69) is 26.2 Å². The molecule has 0 spiro atoms. The Kier molecular flexibility index (Phi) is 5.73. The van der Waals surface area contributed by atoms with Gasteiger partial charge in [0.15, 0.2) is 0 Å². The van der Waals surface area contributed by atoms with Gasteiger partial charge in [-0.2, -0.15) is 0 Å². The summed E-state index contributed by atoms with van der Waals surface area (Å²) in [7, 11) is 3.16. The van der Waals surface area contributed by atoms with Gasteiger partial charge in [0.05, 0.1) is 25.8 Å². The first-order valence-corrected chi connectivity index (χ1v) is 10.5. The Balaban J connectivity index is 1.84. The van der Waals surface area contributed by atoms with E-state index in [-0.39, 0.29) is 5.91 Å². The molecule has 1 aromatic carbocycles. The van der Waals surface area contributed by atoms with E-state index < -0.39 is 11.6 Å². The minimum absolute atomic E-state index is 0.281. The van der Waals surface area contributed by atoms with Gasteiger partial charge in [0.25, 0.3) is 5.91 Å². The summed E-state index contributed by atoms with van der Waals surface area (Å²) >= 11 is 1.36. The Labute approximate surface area is 184 Å². The van der Waals surface area contributed by atoms with Gasteiger partial charge < -0.3 is 19.7 Å². The van der Waals surface area contributed by atoms with Crippen molar-refractivity contribution < 1.29 is 14.3 Å². The first kappa shape index (κ1) is 20.6. The number of methoxy groups -OCH3 is 2.